The Morgan fingerprint density at radius 2 is 1.87 bits per heavy atom. The minimum atomic E-state index is -0.642. The lowest BCUT2D eigenvalue weighted by atomic mass is 9.75. The molecule has 45 heavy (non-hydrogen) atoms. The van der Waals surface area contributed by atoms with Crippen molar-refractivity contribution >= 4 is 58.0 Å². The van der Waals surface area contributed by atoms with Crippen LogP contribution in [0.25, 0.3) is 11.6 Å². The number of ether oxygens (including phenoxy) is 2. The Labute approximate surface area is 283 Å². The molecule has 0 radical (unpaired) electrons. The molecule has 0 bridgehead atoms. The number of likely N-dealkylation sites (tertiary alicyclic amines) is 1. The summed E-state index contributed by atoms with van der Waals surface area (Å²) in [7, 11) is 1.91. The largest absolute Gasteiger partial charge is 0.444 e. The predicted octanol–water partition coefficient (Wildman–Crippen LogP) is 7.78. The van der Waals surface area contributed by atoms with Gasteiger partial charge in [0.1, 0.15) is 11.2 Å². The minimum Gasteiger partial charge on any atom is -0.444 e. The van der Waals surface area contributed by atoms with Crippen LogP contribution in [0.15, 0.2) is 49.1 Å². The summed E-state index contributed by atoms with van der Waals surface area (Å²) < 4.78 is 14.0. The number of rotatable bonds is 6. The van der Waals surface area contributed by atoms with Gasteiger partial charge in [-0.3, -0.25) is 4.98 Å². The van der Waals surface area contributed by atoms with Gasteiger partial charge in [0.15, 0.2) is 0 Å². The van der Waals surface area contributed by atoms with Gasteiger partial charge >= 0.3 is 12.2 Å². The summed E-state index contributed by atoms with van der Waals surface area (Å²) in [6.45, 7) is 10.6. The third kappa shape index (κ3) is 7.65. The van der Waals surface area contributed by atoms with Crippen molar-refractivity contribution in [3.63, 3.8) is 0 Å². The predicted molar refractivity (Wildman–Crippen MR) is 184 cm³/mol. The smallest absolute Gasteiger partial charge is 0.410 e. The first-order valence-corrected chi connectivity index (χ1v) is 17.1. The van der Waals surface area contributed by atoms with E-state index in [9.17, 15) is 9.59 Å². The van der Waals surface area contributed by atoms with Crippen LogP contribution in [0.3, 0.4) is 0 Å². The standard InChI is InChI=1S/C34H41ClIN5O4/c1-33(2,3)45-32(43)41-14-11-21(12-15-41)28-24-10-9-23(35)17-25(24)26(16-22-8-7-13-38-29(22)28)30(27-18-37-20-40(27)6)39-31(42)44-34(4,5)19-36/h7-10,13,16-18,20-21,28,30H,11-12,14-15,19H2,1-6H3,(H,39,42). The number of benzene rings is 1. The number of alkyl halides is 1. The fourth-order valence-electron chi connectivity index (χ4n) is 6.09. The number of piperidine rings is 1. The monoisotopic (exact) mass is 745 g/mol. The average molecular weight is 746 g/mol. The Kier molecular flexibility index (Phi) is 9.84. The van der Waals surface area contributed by atoms with E-state index >= 15 is 0 Å². The number of nitrogens with one attached hydrogen (secondary N) is 1. The second-order valence-corrected chi connectivity index (χ2v) is 14.6. The van der Waals surface area contributed by atoms with Gasteiger partial charge in [0.05, 0.1) is 30.0 Å². The number of hydrogen-bond donors (Lipinski definition) is 1. The van der Waals surface area contributed by atoms with Crippen LogP contribution in [0.1, 0.15) is 87.5 Å². The van der Waals surface area contributed by atoms with E-state index in [4.69, 9.17) is 26.1 Å². The van der Waals surface area contributed by atoms with Crippen molar-refractivity contribution in [2.24, 2.45) is 13.0 Å². The normalized spacial score (nSPS) is 17.8. The highest BCUT2D eigenvalue weighted by Crippen LogP contribution is 2.47. The highest BCUT2D eigenvalue weighted by molar-refractivity contribution is 14.1. The van der Waals surface area contributed by atoms with Crippen LogP contribution < -0.4 is 5.32 Å². The second-order valence-electron chi connectivity index (χ2n) is 13.4. The topological polar surface area (TPSA) is 98.6 Å². The summed E-state index contributed by atoms with van der Waals surface area (Å²) in [6.07, 6.45) is 8.20. The van der Waals surface area contributed by atoms with Crippen LogP contribution >= 0.6 is 34.2 Å². The van der Waals surface area contributed by atoms with Gasteiger partial charge in [-0.1, -0.05) is 46.3 Å². The fraction of sp³-hybridized carbons (Fsp3) is 0.471. The van der Waals surface area contributed by atoms with E-state index in [2.05, 4.69) is 51.1 Å². The molecular weight excluding hydrogens is 705 g/mol. The molecule has 2 atom stereocenters. The molecule has 240 valence electrons. The van der Waals surface area contributed by atoms with Crippen LogP contribution in [-0.2, 0) is 16.5 Å². The molecule has 5 rings (SSSR count). The van der Waals surface area contributed by atoms with Crippen molar-refractivity contribution in [3.05, 3.63) is 82.2 Å². The molecule has 0 spiro atoms. The van der Waals surface area contributed by atoms with E-state index in [0.29, 0.717) is 22.5 Å². The highest BCUT2D eigenvalue weighted by atomic mass is 127. The molecule has 3 aromatic rings. The van der Waals surface area contributed by atoms with Gasteiger partial charge < -0.3 is 24.3 Å². The number of nitrogens with zero attached hydrogens (tertiary/aromatic N) is 4. The number of aryl methyl sites for hydroxylation is 1. The zero-order valence-electron chi connectivity index (χ0n) is 26.6. The molecule has 11 heteroatoms. The number of fused-ring (bicyclic) bond motifs is 2. The molecule has 1 fully saturated rings. The van der Waals surface area contributed by atoms with Gasteiger partial charge in [0.2, 0.25) is 0 Å². The lowest BCUT2D eigenvalue weighted by Gasteiger charge is -2.37. The van der Waals surface area contributed by atoms with Gasteiger partial charge in [0, 0.05) is 41.7 Å². The van der Waals surface area contributed by atoms with Gasteiger partial charge in [0.25, 0.3) is 0 Å². The van der Waals surface area contributed by atoms with E-state index in [-0.39, 0.29) is 17.9 Å². The molecule has 1 N–H and O–H groups in total. The van der Waals surface area contributed by atoms with Gasteiger partial charge in [-0.2, -0.15) is 0 Å². The SMILES string of the molecule is Cn1cncc1C(NC(=O)OC(C)(C)CI)C1=Cc2cccnc2C(C2CCN(C(=O)OC(C)(C)C)CC2)c2ccc(Cl)cc21. The summed E-state index contributed by atoms with van der Waals surface area (Å²) in [5, 5.41) is 3.75. The molecule has 2 unspecified atom stereocenters. The second kappa shape index (κ2) is 13.3. The van der Waals surface area contributed by atoms with Crippen molar-refractivity contribution in [3.8, 4) is 0 Å². The van der Waals surface area contributed by atoms with Crippen molar-refractivity contribution in [1.29, 1.82) is 0 Å². The molecule has 2 aliphatic rings. The first-order chi connectivity index (χ1) is 21.3. The maximum absolute atomic E-state index is 13.4. The molecule has 2 aromatic heterocycles. The number of carbonyl (C=O) groups is 2. The molecule has 1 aromatic carbocycles. The maximum Gasteiger partial charge on any atom is 0.410 e. The molecule has 1 aliphatic carbocycles. The van der Waals surface area contributed by atoms with Crippen molar-refractivity contribution in [2.45, 2.75) is 70.6 Å². The van der Waals surface area contributed by atoms with Crippen LogP contribution in [0.5, 0.6) is 0 Å². The van der Waals surface area contributed by atoms with E-state index in [1.54, 1.807) is 17.4 Å². The van der Waals surface area contributed by atoms with E-state index in [1.165, 1.54) is 0 Å². The zero-order valence-corrected chi connectivity index (χ0v) is 29.6. The van der Waals surface area contributed by atoms with E-state index in [0.717, 1.165) is 46.5 Å². The summed E-state index contributed by atoms with van der Waals surface area (Å²) in [5.41, 5.74) is 4.41. The Morgan fingerprint density at radius 1 is 1.13 bits per heavy atom. The van der Waals surface area contributed by atoms with Gasteiger partial charge in [-0.25, -0.2) is 14.6 Å². The third-order valence-corrected chi connectivity index (χ3v) is 10.3. The number of halogens is 2. The van der Waals surface area contributed by atoms with Crippen LogP contribution in [0.2, 0.25) is 5.02 Å². The number of amides is 2. The lowest BCUT2D eigenvalue weighted by Crippen LogP contribution is -2.42. The van der Waals surface area contributed by atoms with E-state index < -0.39 is 23.3 Å². The van der Waals surface area contributed by atoms with Crippen LogP contribution in [0.4, 0.5) is 9.59 Å². The quantitative estimate of drug-likeness (QED) is 0.205. The Morgan fingerprint density at radius 3 is 2.51 bits per heavy atom. The Bertz CT molecular complexity index is 1590. The lowest BCUT2D eigenvalue weighted by molar-refractivity contribution is 0.0177. The molecule has 1 aliphatic heterocycles. The fourth-order valence-corrected chi connectivity index (χ4v) is 6.42. The summed E-state index contributed by atoms with van der Waals surface area (Å²) in [6, 6.07) is 9.38. The van der Waals surface area contributed by atoms with Crippen LogP contribution in [-0.4, -0.2) is 60.3 Å². The first-order valence-electron chi connectivity index (χ1n) is 15.2. The Balaban J connectivity index is 1.57. The first kappa shape index (κ1) is 33.2. The number of imidazole rings is 1. The molecular formula is C34H41ClIN5O4. The third-order valence-electron chi connectivity index (χ3n) is 8.21. The number of pyridine rings is 1. The van der Waals surface area contributed by atoms with Crippen molar-refractivity contribution < 1.29 is 19.1 Å². The molecule has 9 nitrogen and oxygen atoms in total. The summed E-state index contributed by atoms with van der Waals surface area (Å²) >= 11 is 8.91. The number of carbonyl (C=O) groups excluding carboxylic acids is 2. The van der Waals surface area contributed by atoms with Gasteiger partial charge in [-0.15, -0.1) is 0 Å². The molecule has 2 amide bonds. The van der Waals surface area contributed by atoms with Gasteiger partial charge in [-0.05, 0) is 99.9 Å². The average Bonchev–Trinajstić information content (AvgIpc) is 3.34. The summed E-state index contributed by atoms with van der Waals surface area (Å²) in [5.74, 6) is 0.155. The maximum atomic E-state index is 13.4. The summed E-state index contributed by atoms with van der Waals surface area (Å²) in [4.78, 5) is 37.4. The highest BCUT2D eigenvalue weighted by Gasteiger charge is 2.38. The van der Waals surface area contributed by atoms with Crippen molar-refractivity contribution in [2.75, 3.05) is 17.5 Å². The van der Waals surface area contributed by atoms with Crippen LogP contribution in [0, 0.1) is 5.92 Å². The number of alkyl carbamates (subject to hydrolysis) is 1. The zero-order chi connectivity index (χ0) is 32.5. The minimum absolute atomic E-state index is 0.0555. The molecule has 0 saturated carbocycles. The molecule has 3 heterocycles. The number of aromatic nitrogens is 3. The van der Waals surface area contributed by atoms with E-state index in [1.807, 2.05) is 70.6 Å². The molecule has 1 saturated heterocycles. The van der Waals surface area contributed by atoms with Crippen molar-refractivity contribution in [1.82, 2.24) is 24.8 Å². The number of hydrogen-bond acceptors (Lipinski definition) is 6. The Hall–Kier alpha value is -3.12.